The lowest BCUT2D eigenvalue weighted by Gasteiger charge is -2.25. The van der Waals surface area contributed by atoms with Crippen molar-refractivity contribution in [2.45, 2.75) is 31.8 Å². The number of fused-ring (bicyclic) bond motifs is 1. The van der Waals surface area contributed by atoms with E-state index in [0.29, 0.717) is 18.5 Å². The molecule has 1 aliphatic heterocycles. The highest BCUT2D eigenvalue weighted by Gasteiger charge is 2.31. The van der Waals surface area contributed by atoms with E-state index >= 15 is 0 Å². The molecule has 1 aliphatic carbocycles. The van der Waals surface area contributed by atoms with E-state index in [1.165, 1.54) is 12.8 Å². The molecule has 0 N–H and O–H groups in total. The number of rotatable bonds is 3. The topological polar surface area (TPSA) is 72.9 Å². The normalized spacial score (nSPS) is 17.3. The van der Waals surface area contributed by atoms with Crippen molar-refractivity contribution in [3.63, 3.8) is 0 Å². The van der Waals surface area contributed by atoms with Crippen molar-refractivity contribution in [3.05, 3.63) is 42.0 Å². The third kappa shape index (κ3) is 2.19. The van der Waals surface area contributed by atoms with Crippen molar-refractivity contribution in [2.75, 3.05) is 11.4 Å². The maximum atomic E-state index is 5.42. The first-order valence-electron chi connectivity index (χ1n) is 7.94. The van der Waals surface area contributed by atoms with Gasteiger partial charge in [-0.15, -0.1) is 10.2 Å². The highest BCUT2D eigenvalue weighted by atomic mass is 16.5. The fraction of sp³-hybridized carbons (Fsp3) is 0.375. The minimum Gasteiger partial charge on any atom is -0.315 e. The first-order valence-corrected chi connectivity index (χ1v) is 7.94. The van der Waals surface area contributed by atoms with E-state index in [1.807, 2.05) is 18.2 Å². The van der Waals surface area contributed by atoms with Crippen LogP contribution < -0.4 is 4.90 Å². The van der Waals surface area contributed by atoms with Gasteiger partial charge in [0.2, 0.25) is 0 Å². The summed E-state index contributed by atoms with van der Waals surface area (Å²) in [4.78, 5) is 6.61. The molecule has 0 spiro atoms. The molecule has 5 rings (SSSR count). The van der Waals surface area contributed by atoms with Crippen LogP contribution in [-0.2, 0) is 13.1 Å². The van der Waals surface area contributed by atoms with Gasteiger partial charge in [0.15, 0.2) is 17.5 Å². The van der Waals surface area contributed by atoms with Gasteiger partial charge in [0, 0.05) is 24.6 Å². The minimum atomic E-state index is 0.505. The van der Waals surface area contributed by atoms with Gasteiger partial charge < -0.3 is 14.0 Å². The maximum absolute atomic E-state index is 5.42. The minimum absolute atomic E-state index is 0.505. The molecule has 0 amide bonds. The monoisotopic (exact) mass is 308 g/mol. The molecule has 0 radical (unpaired) electrons. The van der Waals surface area contributed by atoms with E-state index in [9.17, 15) is 0 Å². The molecule has 2 aliphatic rings. The standard InChI is InChI=1S/C16H16N6O/c1-2-4-12(5-3-1)15-19-18-13-10-21(8-9-22(13)15)16-17-14(20-23-16)11-6-7-11/h1-5,11H,6-10H2. The Hall–Kier alpha value is -2.70. The molecule has 1 fully saturated rings. The van der Waals surface area contributed by atoms with Crippen molar-refractivity contribution in [1.82, 2.24) is 24.9 Å². The smallest absolute Gasteiger partial charge is 0.315 e. The van der Waals surface area contributed by atoms with Crippen LogP contribution >= 0.6 is 0 Å². The van der Waals surface area contributed by atoms with Gasteiger partial charge in [-0.2, -0.15) is 4.98 Å². The summed E-state index contributed by atoms with van der Waals surface area (Å²) in [5.41, 5.74) is 1.09. The first-order chi connectivity index (χ1) is 11.4. The number of anilines is 1. The zero-order valence-corrected chi connectivity index (χ0v) is 12.6. The van der Waals surface area contributed by atoms with Crippen LogP contribution in [0, 0.1) is 0 Å². The summed E-state index contributed by atoms with van der Waals surface area (Å²) in [6, 6.07) is 10.8. The summed E-state index contributed by atoms with van der Waals surface area (Å²) >= 11 is 0. The van der Waals surface area contributed by atoms with Crippen molar-refractivity contribution < 1.29 is 4.52 Å². The van der Waals surface area contributed by atoms with E-state index in [-0.39, 0.29) is 0 Å². The molecule has 1 aromatic carbocycles. The summed E-state index contributed by atoms with van der Waals surface area (Å²) in [6.45, 7) is 2.27. The quantitative estimate of drug-likeness (QED) is 0.739. The second-order valence-electron chi connectivity index (χ2n) is 6.09. The molecule has 7 nitrogen and oxygen atoms in total. The van der Waals surface area contributed by atoms with Gasteiger partial charge in [-0.25, -0.2) is 0 Å². The molecule has 3 heterocycles. The molecule has 1 saturated carbocycles. The molecule has 3 aromatic rings. The maximum Gasteiger partial charge on any atom is 0.324 e. The predicted octanol–water partition coefficient (Wildman–Crippen LogP) is 2.23. The number of benzene rings is 1. The Balaban J connectivity index is 1.42. The van der Waals surface area contributed by atoms with Crippen LogP contribution in [0.1, 0.15) is 30.4 Å². The van der Waals surface area contributed by atoms with E-state index in [4.69, 9.17) is 4.52 Å². The summed E-state index contributed by atoms with van der Waals surface area (Å²) < 4.78 is 7.59. The third-order valence-electron chi connectivity index (χ3n) is 4.43. The summed E-state index contributed by atoms with van der Waals surface area (Å²) in [5.74, 6) is 3.20. The van der Waals surface area contributed by atoms with E-state index in [1.54, 1.807) is 0 Å². The summed E-state index contributed by atoms with van der Waals surface area (Å²) in [7, 11) is 0. The van der Waals surface area contributed by atoms with Crippen molar-refractivity contribution in [1.29, 1.82) is 0 Å². The van der Waals surface area contributed by atoms with Crippen LogP contribution in [0.3, 0.4) is 0 Å². The lowest BCUT2D eigenvalue weighted by Crippen LogP contribution is -2.34. The molecule has 2 aromatic heterocycles. The van der Waals surface area contributed by atoms with Crippen LogP contribution in [0.25, 0.3) is 11.4 Å². The van der Waals surface area contributed by atoms with E-state index in [0.717, 1.165) is 36.1 Å². The second-order valence-corrected chi connectivity index (χ2v) is 6.09. The number of hydrogen-bond acceptors (Lipinski definition) is 6. The van der Waals surface area contributed by atoms with Gasteiger partial charge in [-0.1, -0.05) is 35.5 Å². The highest BCUT2D eigenvalue weighted by Crippen LogP contribution is 2.39. The number of aromatic nitrogens is 5. The largest absolute Gasteiger partial charge is 0.324 e. The first kappa shape index (κ1) is 12.8. The second kappa shape index (κ2) is 4.91. The fourth-order valence-corrected chi connectivity index (χ4v) is 2.98. The number of nitrogens with zero attached hydrogens (tertiary/aromatic N) is 6. The van der Waals surface area contributed by atoms with Crippen LogP contribution in [0.5, 0.6) is 0 Å². The van der Waals surface area contributed by atoms with Crippen molar-refractivity contribution in [2.24, 2.45) is 0 Å². The van der Waals surface area contributed by atoms with Crippen LogP contribution in [0.2, 0.25) is 0 Å². The average Bonchev–Trinajstić information content (AvgIpc) is 3.19. The average molecular weight is 308 g/mol. The molecule has 0 unspecified atom stereocenters. The predicted molar refractivity (Wildman–Crippen MR) is 82.8 cm³/mol. The molecule has 7 heteroatoms. The zero-order valence-electron chi connectivity index (χ0n) is 12.6. The molecule has 0 saturated heterocycles. The van der Waals surface area contributed by atoms with Gasteiger partial charge in [0.25, 0.3) is 0 Å². The Bertz CT molecular complexity index is 835. The Morgan fingerprint density at radius 3 is 2.74 bits per heavy atom. The molecule has 0 bridgehead atoms. The Labute approximate surface area is 132 Å². The zero-order chi connectivity index (χ0) is 15.2. The molecular formula is C16H16N6O. The molecule has 0 atom stereocenters. The van der Waals surface area contributed by atoms with Gasteiger partial charge >= 0.3 is 6.01 Å². The Morgan fingerprint density at radius 2 is 1.91 bits per heavy atom. The Kier molecular flexibility index (Phi) is 2.73. The molecule has 23 heavy (non-hydrogen) atoms. The van der Waals surface area contributed by atoms with Gasteiger partial charge in [-0.05, 0) is 12.8 Å². The SMILES string of the molecule is c1ccc(-c2nnc3n2CCN(c2nc(C4CC4)no2)C3)cc1. The van der Waals surface area contributed by atoms with Crippen LogP contribution in [0.15, 0.2) is 34.9 Å². The number of hydrogen-bond donors (Lipinski definition) is 0. The summed E-state index contributed by atoms with van der Waals surface area (Å²) in [6.07, 6.45) is 2.35. The van der Waals surface area contributed by atoms with Gasteiger partial charge in [0.1, 0.15) is 0 Å². The van der Waals surface area contributed by atoms with Crippen molar-refractivity contribution >= 4 is 6.01 Å². The lowest BCUT2D eigenvalue weighted by molar-refractivity contribution is 0.395. The van der Waals surface area contributed by atoms with Crippen LogP contribution in [-0.4, -0.2) is 31.4 Å². The van der Waals surface area contributed by atoms with Gasteiger partial charge in [0.05, 0.1) is 6.54 Å². The van der Waals surface area contributed by atoms with E-state index in [2.05, 4.69) is 41.9 Å². The van der Waals surface area contributed by atoms with E-state index < -0.39 is 0 Å². The Morgan fingerprint density at radius 1 is 1.04 bits per heavy atom. The fourth-order valence-electron chi connectivity index (χ4n) is 2.98. The van der Waals surface area contributed by atoms with Crippen LogP contribution in [0.4, 0.5) is 6.01 Å². The summed E-state index contributed by atoms with van der Waals surface area (Å²) in [5, 5.41) is 12.8. The van der Waals surface area contributed by atoms with Crippen molar-refractivity contribution in [3.8, 4) is 11.4 Å². The molecular weight excluding hydrogens is 292 g/mol. The lowest BCUT2D eigenvalue weighted by atomic mass is 10.2. The third-order valence-corrected chi connectivity index (χ3v) is 4.43. The molecule has 116 valence electrons. The highest BCUT2D eigenvalue weighted by molar-refractivity contribution is 5.55. The van der Waals surface area contributed by atoms with Gasteiger partial charge in [-0.3, -0.25) is 0 Å².